The molecule has 6 nitrogen and oxygen atoms in total. The van der Waals surface area contributed by atoms with Gasteiger partial charge in [0.05, 0.1) is 0 Å². The number of carbonyl (C=O) groups excluding carboxylic acids is 1. The minimum Gasteiger partial charge on any atom is -0.357 e. The van der Waals surface area contributed by atoms with Crippen LogP contribution in [0.2, 0.25) is 0 Å². The van der Waals surface area contributed by atoms with E-state index < -0.39 is 0 Å². The molecule has 2 saturated heterocycles. The normalized spacial score (nSPS) is 22.0. The van der Waals surface area contributed by atoms with Gasteiger partial charge in [-0.15, -0.1) is 24.0 Å². The fourth-order valence-corrected chi connectivity index (χ4v) is 4.66. The highest BCUT2D eigenvalue weighted by molar-refractivity contribution is 14.0. The van der Waals surface area contributed by atoms with E-state index in [1.807, 2.05) is 11.0 Å². The maximum Gasteiger partial charge on any atom is 0.223 e. The fraction of sp³-hybridized carbons (Fsp3) is 0.680. The summed E-state index contributed by atoms with van der Waals surface area (Å²) in [5.41, 5.74) is 1.29. The van der Waals surface area contributed by atoms with E-state index in [4.69, 9.17) is 4.99 Å². The zero-order chi connectivity index (χ0) is 21.9. The monoisotopic (exact) mass is 555 g/mol. The van der Waals surface area contributed by atoms with Crippen molar-refractivity contribution in [2.24, 2.45) is 16.8 Å². The van der Waals surface area contributed by atoms with Crippen LogP contribution in [-0.4, -0.2) is 74.0 Å². The Morgan fingerprint density at radius 2 is 1.97 bits per heavy atom. The maximum absolute atomic E-state index is 12.4. The molecule has 1 aromatic rings. The molecule has 0 spiro atoms. The number of amides is 1. The standard InChI is InChI=1S/C25H41N5O.HI/c1-3-26-25(27-13-8-15-29-14-7-9-21(2)19-29)28-18-23-17-24(31)30(20-23)16-12-22-10-5-4-6-11-22;/h4-6,10-11,21,23H,3,7-9,12-20H2,1-2H3,(H2,26,27,28);1H. The van der Waals surface area contributed by atoms with Gasteiger partial charge in [-0.2, -0.15) is 0 Å². The highest BCUT2D eigenvalue weighted by Crippen LogP contribution is 2.19. The van der Waals surface area contributed by atoms with Crippen LogP contribution in [0.5, 0.6) is 0 Å². The average molecular weight is 556 g/mol. The van der Waals surface area contributed by atoms with E-state index in [-0.39, 0.29) is 29.9 Å². The van der Waals surface area contributed by atoms with Crippen LogP contribution < -0.4 is 10.6 Å². The molecule has 1 amide bonds. The van der Waals surface area contributed by atoms with Gasteiger partial charge < -0.3 is 20.4 Å². The van der Waals surface area contributed by atoms with Gasteiger partial charge in [0.25, 0.3) is 0 Å². The molecule has 0 radical (unpaired) electrons. The van der Waals surface area contributed by atoms with Crippen LogP contribution in [0.25, 0.3) is 0 Å². The molecule has 2 fully saturated rings. The molecule has 2 N–H and O–H groups in total. The molecule has 180 valence electrons. The summed E-state index contributed by atoms with van der Waals surface area (Å²) < 4.78 is 0. The second kappa shape index (κ2) is 14.7. The van der Waals surface area contributed by atoms with E-state index in [1.54, 1.807) is 0 Å². The molecule has 7 heteroatoms. The van der Waals surface area contributed by atoms with Crippen molar-refractivity contribution in [3.63, 3.8) is 0 Å². The van der Waals surface area contributed by atoms with Crippen molar-refractivity contribution in [1.29, 1.82) is 0 Å². The van der Waals surface area contributed by atoms with Crippen molar-refractivity contribution in [2.45, 2.75) is 46.0 Å². The number of nitrogens with zero attached hydrogens (tertiary/aromatic N) is 3. The topological polar surface area (TPSA) is 60.0 Å². The number of piperidine rings is 1. The van der Waals surface area contributed by atoms with E-state index in [1.165, 1.54) is 31.5 Å². The Labute approximate surface area is 211 Å². The van der Waals surface area contributed by atoms with E-state index in [0.717, 1.165) is 57.4 Å². The lowest BCUT2D eigenvalue weighted by molar-refractivity contribution is -0.127. The van der Waals surface area contributed by atoms with Gasteiger partial charge in [-0.3, -0.25) is 9.79 Å². The van der Waals surface area contributed by atoms with Gasteiger partial charge in [0.15, 0.2) is 5.96 Å². The van der Waals surface area contributed by atoms with Gasteiger partial charge >= 0.3 is 0 Å². The van der Waals surface area contributed by atoms with Gasteiger partial charge in [-0.05, 0) is 57.2 Å². The van der Waals surface area contributed by atoms with Crippen molar-refractivity contribution in [1.82, 2.24) is 20.4 Å². The molecule has 0 aliphatic carbocycles. The molecule has 2 atom stereocenters. The zero-order valence-corrected chi connectivity index (χ0v) is 22.2. The molecule has 0 saturated carbocycles. The number of guanidine groups is 1. The lowest BCUT2D eigenvalue weighted by Crippen LogP contribution is -2.40. The Kier molecular flexibility index (Phi) is 12.4. The molecule has 2 heterocycles. The Bertz CT molecular complexity index is 699. The molecule has 2 aliphatic heterocycles. The molecule has 1 aromatic carbocycles. The van der Waals surface area contributed by atoms with Crippen molar-refractivity contribution in [2.75, 3.05) is 52.4 Å². The second-order valence-corrected chi connectivity index (χ2v) is 9.19. The number of rotatable bonds is 10. The van der Waals surface area contributed by atoms with Crippen LogP contribution >= 0.6 is 24.0 Å². The summed E-state index contributed by atoms with van der Waals surface area (Å²) in [6, 6.07) is 10.4. The minimum atomic E-state index is 0. The number of hydrogen-bond acceptors (Lipinski definition) is 3. The number of likely N-dealkylation sites (tertiary alicyclic amines) is 2. The molecule has 3 rings (SSSR count). The van der Waals surface area contributed by atoms with Crippen LogP contribution in [-0.2, 0) is 11.2 Å². The van der Waals surface area contributed by atoms with Crippen molar-refractivity contribution < 1.29 is 4.79 Å². The van der Waals surface area contributed by atoms with Crippen LogP contribution in [0.1, 0.15) is 45.1 Å². The van der Waals surface area contributed by atoms with Crippen molar-refractivity contribution in [3.05, 3.63) is 35.9 Å². The third-order valence-corrected chi connectivity index (χ3v) is 6.34. The Balaban J connectivity index is 0.00000363. The Morgan fingerprint density at radius 1 is 1.16 bits per heavy atom. The third kappa shape index (κ3) is 9.25. The molecule has 2 aliphatic rings. The lowest BCUT2D eigenvalue weighted by Gasteiger charge is -2.30. The minimum absolute atomic E-state index is 0. The maximum atomic E-state index is 12.4. The Hall–Kier alpha value is -1.35. The molecular formula is C25H42IN5O. The molecule has 32 heavy (non-hydrogen) atoms. The summed E-state index contributed by atoms with van der Waals surface area (Å²) in [6.45, 7) is 12.2. The summed E-state index contributed by atoms with van der Waals surface area (Å²) in [7, 11) is 0. The van der Waals surface area contributed by atoms with Crippen LogP contribution in [0.3, 0.4) is 0 Å². The van der Waals surface area contributed by atoms with E-state index in [2.05, 4.69) is 53.6 Å². The first kappa shape index (κ1) is 26.9. The van der Waals surface area contributed by atoms with Gasteiger partial charge in [0.2, 0.25) is 5.91 Å². The number of hydrogen-bond donors (Lipinski definition) is 2. The number of nitrogens with one attached hydrogen (secondary N) is 2. The predicted molar refractivity (Wildman–Crippen MR) is 144 cm³/mol. The average Bonchev–Trinajstić information content (AvgIpc) is 3.13. The summed E-state index contributed by atoms with van der Waals surface area (Å²) in [5, 5.41) is 6.83. The number of aliphatic imine (C=N–C) groups is 1. The molecule has 2 unspecified atom stereocenters. The zero-order valence-electron chi connectivity index (χ0n) is 19.9. The fourth-order valence-electron chi connectivity index (χ4n) is 4.66. The van der Waals surface area contributed by atoms with Gasteiger partial charge in [-0.1, -0.05) is 37.3 Å². The first-order valence-corrected chi connectivity index (χ1v) is 12.2. The van der Waals surface area contributed by atoms with Crippen LogP contribution in [0.15, 0.2) is 35.3 Å². The highest BCUT2D eigenvalue weighted by Gasteiger charge is 2.29. The molecule has 0 aromatic heterocycles. The van der Waals surface area contributed by atoms with E-state index in [9.17, 15) is 4.79 Å². The Morgan fingerprint density at radius 3 is 2.72 bits per heavy atom. The quantitative estimate of drug-likeness (QED) is 0.201. The predicted octanol–water partition coefficient (Wildman–Crippen LogP) is 3.37. The smallest absolute Gasteiger partial charge is 0.223 e. The van der Waals surface area contributed by atoms with Crippen molar-refractivity contribution >= 4 is 35.8 Å². The first-order chi connectivity index (χ1) is 15.1. The largest absolute Gasteiger partial charge is 0.357 e. The number of carbonyl (C=O) groups is 1. The van der Waals surface area contributed by atoms with Crippen LogP contribution in [0, 0.1) is 11.8 Å². The SMILES string of the molecule is CCNC(=NCC1CC(=O)N(CCc2ccccc2)C1)NCCCN1CCCC(C)C1.I. The number of benzene rings is 1. The molecular weight excluding hydrogens is 513 g/mol. The van der Waals surface area contributed by atoms with Gasteiger partial charge in [0, 0.05) is 51.6 Å². The van der Waals surface area contributed by atoms with Gasteiger partial charge in [-0.25, -0.2) is 0 Å². The lowest BCUT2D eigenvalue weighted by atomic mass is 10.0. The second-order valence-electron chi connectivity index (χ2n) is 9.19. The van der Waals surface area contributed by atoms with E-state index in [0.29, 0.717) is 18.9 Å². The first-order valence-electron chi connectivity index (χ1n) is 12.2. The summed E-state index contributed by atoms with van der Waals surface area (Å²) >= 11 is 0. The highest BCUT2D eigenvalue weighted by atomic mass is 127. The van der Waals surface area contributed by atoms with Gasteiger partial charge in [0.1, 0.15) is 0 Å². The van der Waals surface area contributed by atoms with Crippen molar-refractivity contribution in [3.8, 4) is 0 Å². The number of halogens is 1. The summed E-state index contributed by atoms with van der Waals surface area (Å²) in [5.74, 6) is 2.30. The summed E-state index contributed by atoms with van der Waals surface area (Å²) in [6.07, 6.45) is 5.38. The third-order valence-electron chi connectivity index (χ3n) is 6.34. The van der Waals surface area contributed by atoms with E-state index >= 15 is 0 Å². The van der Waals surface area contributed by atoms with Crippen LogP contribution in [0.4, 0.5) is 0 Å². The molecule has 0 bridgehead atoms. The summed E-state index contributed by atoms with van der Waals surface area (Å²) in [4.78, 5) is 21.8.